The summed E-state index contributed by atoms with van der Waals surface area (Å²) in [5, 5.41) is 16.7. The Balaban J connectivity index is 2.01. The second-order valence-corrected chi connectivity index (χ2v) is 6.60. The summed E-state index contributed by atoms with van der Waals surface area (Å²) in [5.41, 5.74) is 0.627. The van der Waals surface area contributed by atoms with Crippen molar-refractivity contribution in [2.75, 3.05) is 18.5 Å². The van der Waals surface area contributed by atoms with Gasteiger partial charge < -0.3 is 10.0 Å². The molecule has 1 fully saturated rings. The van der Waals surface area contributed by atoms with Gasteiger partial charge in [0.2, 0.25) is 11.4 Å². The molecule has 1 saturated heterocycles. The summed E-state index contributed by atoms with van der Waals surface area (Å²) in [4.78, 5) is 23.6. The van der Waals surface area contributed by atoms with Gasteiger partial charge in [0.1, 0.15) is 5.82 Å². The second kappa shape index (κ2) is 6.39. The molecule has 0 aliphatic carbocycles. The van der Waals surface area contributed by atoms with Crippen molar-refractivity contribution >= 4 is 11.7 Å². The number of nitrogens with zero attached hydrogens (tertiary/aromatic N) is 5. The monoisotopic (exact) mass is 321 g/mol. The van der Waals surface area contributed by atoms with Crippen LogP contribution in [0.2, 0.25) is 0 Å². The van der Waals surface area contributed by atoms with Crippen molar-refractivity contribution in [2.24, 2.45) is 5.28 Å². The maximum Gasteiger partial charge on any atom is 0.272 e. The predicted molar refractivity (Wildman–Crippen MR) is 84.4 cm³/mol. The van der Waals surface area contributed by atoms with E-state index in [0.717, 1.165) is 5.56 Å². The van der Waals surface area contributed by atoms with Crippen LogP contribution in [0.4, 0.5) is 5.82 Å². The zero-order chi connectivity index (χ0) is 17.2. The molecule has 126 valence electrons. The van der Waals surface area contributed by atoms with E-state index in [0.29, 0.717) is 23.8 Å². The lowest BCUT2D eigenvalue weighted by Gasteiger charge is -2.26. The number of carbonyl (C=O) groups excluding carboxylic acids is 1. The van der Waals surface area contributed by atoms with E-state index < -0.39 is 11.6 Å². The molecule has 1 aliphatic heterocycles. The molecule has 1 aromatic heterocycles. The minimum atomic E-state index is -0.761. The van der Waals surface area contributed by atoms with E-state index in [-0.39, 0.29) is 5.91 Å². The molecule has 1 aliphatic rings. The van der Waals surface area contributed by atoms with Crippen molar-refractivity contribution in [3.63, 3.8) is 0 Å². The maximum absolute atomic E-state index is 12.3. The summed E-state index contributed by atoms with van der Waals surface area (Å²) < 4.78 is 0. The Morgan fingerprint density at radius 1 is 1.48 bits per heavy atom. The molecule has 1 atom stereocenters. The van der Waals surface area contributed by atoms with Crippen molar-refractivity contribution in [3.05, 3.63) is 29.1 Å². The topological polar surface area (TPSA) is 84.1 Å². The fraction of sp³-hybridized carbons (Fsp3) is 0.600. The van der Waals surface area contributed by atoms with E-state index in [4.69, 9.17) is 4.84 Å². The van der Waals surface area contributed by atoms with E-state index in [1.165, 1.54) is 5.01 Å². The molecular weight excluding hydrogens is 298 g/mol. The molecule has 0 spiro atoms. The normalized spacial score (nSPS) is 19.2. The van der Waals surface area contributed by atoms with Crippen molar-refractivity contribution in [1.29, 1.82) is 0 Å². The molecule has 1 amide bonds. The minimum Gasteiger partial charge on any atom is -0.569 e. The standard InChI is InChI=1S/C15H23N5O3/c1-11-6-7-13(16-10-11)19-9-8-12(14(19)21)23-17-20(22)18(5)15(2,3)4/h6-7,10,12H,8-9H2,1-5H3/b20-17-. The smallest absolute Gasteiger partial charge is 0.272 e. The fourth-order valence-corrected chi connectivity index (χ4v) is 2.01. The third kappa shape index (κ3) is 3.88. The Hall–Kier alpha value is -2.38. The lowest BCUT2D eigenvalue weighted by Crippen LogP contribution is -2.42. The molecule has 0 saturated carbocycles. The van der Waals surface area contributed by atoms with E-state index in [2.05, 4.69) is 10.3 Å². The first-order valence-corrected chi connectivity index (χ1v) is 7.52. The maximum atomic E-state index is 12.3. The summed E-state index contributed by atoms with van der Waals surface area (Å²) >= 11 is 0. The molecule has 1 unspecified atom stereocenters. The first-order chi connectivity index (χ1) is 10.7. The number of hydrazine groups is 1. The van der Waals surface area contributed by atoms with Gasteiger partial charge in [-0.05, 0) is 39.3 Å². The number of pyridine rings is 1. The molecule has 8 nitrogen and oxygen atoms in total. The largest absolute Gasteiger partial charge is 0.569 e. The quantitative estimate of drug-likeness (QED) is 0.481. The van der Waals surface area contributed by atoms with Crippen molar-refractivity contribution in [1.82, 2.24) is 9.99 Å². The van der Waals surface area contributed by atoms with Crippen LogP contribution in [-0.4, -0.2) is 46.1 Å². The highest BCUT2D eigenvalue weighted by molar-refractivity contribution is 5.97. The second-order valence-electron chi connectivity index (χ2n) is 6.60. The van der Waals surface area contributed by atoms with Gasteiger partial charge in [-0.25, -0.2) is 4.98 Å². The molecule has 2 rings (SSSR count). The molecule has 23 heavy (non-hydrogen) atoms. The fourth-order valence-electron chi connectivity index (χ4n) is 2.01. The zero-order valence-corrected chi connectivity index (χ0v) is 14.2. The summed E-state index contributed by atoms with van der Waals surface area (Å²) in [6.45, 7) is 8.04. The number of amides is 1. The number of rotatable bonds is 4. The Morgan fingerprint density at radius 3 is 2.74 bits per heavy atom. The van der Waals surface area contributed by atoms with Gasteiger partial charge in [-0.2, -0.15) is 0 Å². The Morgan fingerprint density at radius 2 is 2.17 bits per heavy atom. The average molecular weight is 321 g/mol. The van der Waals surface area contributed by atoms with E-state index >= 15 is 0 Å². The Bertz CT molecular complexity index is 594. The van der Waals surface area contributed by atoms with Crippen LogP contribution in [0.15, 0.2) is 23.6 Å². The SMILES string of the molecule is Cc1ccc(N2CCC(O/N=[N+](\[O-])N(C)C(C)(C)C)C2=O)nc1. The summed E-state index contributed by atoms with van der Waals surface area (Å²) in [7, 11) is 1.61. The van der Waals surface area contributed by atoms with E-state index in [9.17, 15) is 10.0 Å². The van der Waals surface area contributed by atoms with E-state index in [1.54, 1.807) is 24.2 Å². The number of hydrogen-bond donors (Lipinski definition) is 0. The summed E-state index contributed by atoms with van der Waals surface area (Å²) in [6.07, 6.45) is 1.41. The molecule has 0 bridgehead atoms. The van der Waals surface area contributed by atoms with Crippen LogP contribution in [0, 0.1) is 12.1 Å². The van der Waals surface area contributed by atoms with Crippen LogP contribution >= 0.6 is 0 Å². The highest BCUT2D eigenvalue weighted by atomic mass is 16.7. The van der Waals surface area contributed by atoms with Crippen LogP contribution in [0.3, 0.4) is 0 Å². The van der Waals surface area contributed by atoms with Gasteiger partial charge in [-0.15, -0.1) is 5.01 Å². The predicted octanol–water partition coefficient (Wildman–Crippen LogP) is 2.03. The van der Waals surface area contributed by atoms with Gasteiger partial charge in [0.15, 0.2) is 0 Å². The van der Waals surface area contributed by atoms with Crippen molar-refractivity contribution in [2.45, 2.75) is 45.8 Å². The van der Waals surface area contributed by atoms with Crippen LogP contribution in [0.5, 0.6) is 0 Å². The Labute approximate surface area is 135 Å². The first kappa shape index (κ1) is 17.0. The molecule has 0 N–H and O–H groups in total. The minimum absolute atomic E-state index is 0.239. The van der Waals surface area contributed by atoms with Gasteiger partial charge in [-0.3, -0.25) is 9.69 Å². The van der Waals surface area contributed by atoms with Gasteiger partial charge >= 0.3 is 0 Å². The van der Waals surface area contributed by atoms with Gasteiger partial charge in [0.05, 0.1) is 17.6 Å². The number of hydrogen-bond acceptors (Lipinski definition) is 5. The molecule has 2 heterocycles. The lowest BCUT2D eigenvalue weighted by atomic mass is 10.1. The van der Waals surface area contributed by atoms with Crippen LogP contribution < -0.4 is 4.90 Å². The lowest BCUT2D eigenvalue weighted by molar-refractivity contribution is -0.720. The number of aromatic nitrogens is 1. The average Bonchev–Trinajstić information content (AvgIpc) is 2.85. The van der Waals surface area contributed by atoms with Gasteiger partial charge in [0.25, 0.3) is 5.91 Å². The molecule has 1 aromatic rings. The first-order valence-electron chi connectivity index (χ1n) is 7.52. The van der Waals surface area contributed by atoms with Crippen molar-refractivity contribution in [3.8, 4) is 0 Å². The summed E-state index contributed by atoms with van der Waals surface area (Å²) in [6, 6.07) is 3.69. The molecule has 0 aromatic carbocycles. The van der Waals surface area contributed by atoms with Crippen LogP contribution in [0.1, 0.15) is 32.8 Å². The van der Waals surface area contributed by atoms with E-state index in [1.807, 2.05) is 33.8 Å². The molecular formula is C15H23N5O3. The Kier molecular flexibility index (Phi) is 4.72. The van der Waals surface area contributed by atoms with Crippen LogP contribution in [-0.2, 0) is 9.63 Å². The van der Waals surface area contributed by atoms with Gasteiger partial charge in [-0.1, -0.05) is 6.07 Å². The molecule has 8 heteroatoms. The third-order valence-electron chi connectivity index (χ3n) is 3.80. The van der Waals surface area contributed by atoms with Crippen LogP contribution in [0.25, 0.3) is 0 Å². The molecule has 0 radical (unpaired) electrons. The number of anilines is 1. The zero-order valence-electron chi connectivity index (χ0n) is 14.2. The van der Waals surface area contributed by atoms with Crippen molar-refractivity contribution < 1.29 is 14.6 Å². The number of carbonyl (C=O) groups is 1. The summed E-state index contributed by atoms with van der Waals surface area (Å²) in [5.74, 6) is 0.342. The number of aryl methyl sites for hydroxylation is 1. The highest BCUT2D eigenvalue weighted by Gasteiger charge is 2.36. The van der Waals surface area contributed by atoms with Gasteiger partial charge in [0, 0.05) is 19.2 Å². The third-order valence-corrected chi connectivity index (χ3v) is 3.80. The highest BCUT2D eigenvalue weighted by Crippen LogP contribution is 2.22.